The van der Waals surface area contributed by atoms with E-state index in [1.54, 1.807) is 48.2 Å². The highest BCUT2D eigenvalue weighted by Crippen LogP contribution is 2.23. The molecule has 0 atom stereocenters. The lowest BCUT2D eigenvalue weighted by Crippen LogP contribution is -1.96. The van der Waals surface area contributed by atoms with E-state index >= 15 is 0 Å². The Morgan fingerprint density at radius 1 is 1.00 bits per heavy atom. The van der Waals surface area contributed by atoms with Crippen LogP contribution >= 0.6 is 11.8 Å². The second kappa shape index (κ2) is 7.56. The van der Waals surface area contributed by atoms with Crippen molar-refractivity contribution in [3.63, 3.8) is 0 Å². The number of carbonyl (C=O) groups excluding carboxylic acids is 1. The molecule has 2 aromatic carbocycles. The van der Waals surface area contributed by atoms with Crippen LogP contribution in [0, 0.1) is 5.82 Å². The average molecular weight is 316 g/mol. The minimum absolute atomic E-state index is 0.258. The number of ketones is 1. The van der Waals surface area contributed by atoms with Gasteiger partial charge in [-0.3, -0.25) is 4.79 Å². The molecule has 112 valence electrons. The topological polar surface area (TPSA) is 54.4 Å². The first kappa shape index (κ1) is 16.0. The van der Waals surface area contributed by atoms with Gasteiger partial charge in [0.1, 0.15) is 5.82 Å². The Morgan fingerprint density at radius 2 is 1.64 bits per heavy atom. The molecule has 0 saturated carbocycles. The van der Waals surface area contributed by atoms with Gasteiger partial charge in [-0.2, -0.15) is 0 Å². The fraction of sp³-hybridized carbons (Fsp3) is 0.0588. The zero-order valence-corrected chi connectivity index (χ0v) is 12.3. The molecule has 1 N–H and O–H groups in total. The van der Waals surface area contributed by atoms with E-state index in [4.69, 9.17) is 5.11 Å². The van der Waals surface area contributed by atoms with Crippen LogP contribution in [0.5, 0.6) is 0 Å². The van der Waals surface area contributed by atoms with Crippen molar-refractivity contribution >= 4 is 23.5 Å². The lowest BCUT2D eigenvalue weighted by molar-refractivity contribution is -0.131. The van der Waals surface area contributed by atoms with Gasteiger partial charge >= 0.3 is 5.97 Å². The van der Waals surface area contributed by atoms with E-state index in [9.17, 15) is 14.0 Å². The molecule has 0 aliphatic rings. The molecule has 0 unspecified atom stereocenters. The Balaban J connectivity index is 1.95. The summed E-state index contributed by atoms with van der Waals surface area (Å²) in [6, 6.07) is 13.2. The number of hydrogen-bond acceptors (Lipinski definition) is 3. The standard InChI is InChI=1S/C17H13FO3S/c18-14-5-1-12(2-6-14)11-22-15-7-3-13(4-8-15)16(19)9-10-17(20)21/h1-10H,11H2,(H,20,21)/b10-9+. The van der Waals surface area contributed by atoms with Crippen molar-refractivity contribution in [1.29, 1.82) is 0 Å². The van der Waals surface area contributed by atoms with Gasteiger partial charge in [-0.25, -0.2) is 9.18 Å². The fourth-order valence-corrected chi connectivity index (χ4v) is 2.56. The third kappa shape index (κ3) is 4.86. The summed E-state index contributed by atoms with van der Waals surface area (Å²) < 4.78 is 12.8. The van der Waals surface area contributed by atoms with E-state index in [2.05, 4.69) is 0 Å². The van der Waals surface area contributed by atoms with Crippen LogP contribution in [0.15, 0.2) is 65.6 Å². The quantitative estimate of drug-likeness (QED) is 0.498. The molecule has 5 heteroatoms. The van der Waals surface area contributed by atoms with Crippen molar-refractivity contribution in [2.45, 2.75) is 10.6 Å². The maximum atomic E-state index is 12.8. The molecule has 0 aliphatic carbocycles. The highest BCUT2D eigenvalue weighted by Gasteiger charge is 2.03. The molecule has 0 spiro atoms. The van der Waals surface area contributed by atoms with Crippen LogP contribution in [-0.4, -0.2) is 16.9 Å². The molecule has 0 heterocycles. The van der Waals surface area contributed by atoms with Crippen molar-refractivity contribution in [3.05, 3.63) is 77.6 Å². The van der Waals surface area contributed by atoms with Crippen LogP contribution < -0.4 is 0 Å². The maximum absolute atomic E-state index is 12.8. The van der Waals surface area contributed by atoms with E-state index in [1.165, 1.54) is 12.1 Å². The van der Waals surface area contributed by atoms with E-state index < -0.39 is 5.97 Å². The number of halogens is 1. The number of aliphatic carboxylic acids is 1. The summed E-state index contributed by atoms with van der Waals surface area (Å²) in [5, 5.41) is 8.48. The number of thioether (sulfide) groups is 1. The highest BCUT2D eigenvalue weighted by molar-refractivity contribution is 7.98. The SMILES string of the molecule is O=C(O)/C=C/C(=O)c1ccc(SCc2ccc(F)cc2)cc1. The van der Waals surface area contributed by atoms with Crippen LogP contribution in [0.2, 0.25) is 0 Å². The van der Waals surface area contributed by atoms with Crippen molar-refractivity contribution in [2.24, 2.45) is 0 Å². The van der Waals surface area contributed by atoms with Gasteiger partial charge in [0.2, 0.25) is 0 Å². The summed E-state index contributed by atoms with van der Waals surface area (Å²) in [5.41, 5.74) is 1.44. The van der Waals surface area contributed by atoms with Gasteiger partial charge in [-0.05, 0) is 48.0 Å². The molecule has 0 saturated heterocycles. The first-order valence-corrected chi connectivity index (χ1v) is 7.46. The Labute approximate surface area is 131 Å². The normalized spacial score (nSPS) is 10.8. The van der Waals surface area contributed by atoms with Crippen molar-refractivity contribution in [1.82, 2.24) is 0 Å². The van der Waals surface area contributed by atoms with Gasteiger partial charge in [0.05, 0.1) is 0 Å². The molecule has 3 nitrogen and oxygen atoms in total. The van der Waals surface area contributed by atoms with Crippen molar-refractivity contribution < 1.29 is 19.1 Å². The molecule has 22 heavy (non-hydrogen) atoms. The number of carboxylic acids is 1. The van der Waals surface area contributed by atoms with E-state index in [0.29, 0.717) is 11.3 Å². The molecular formula is C17H13FO3S. The molecule has 2 aromatic rings. The molecule has 0 amide bonds. The van der Waals surface area contributed by atoms with Gasteiger partial charge in [0.15, 0.2) is 5.78 Å². The summed E-state index contributed by atoms with van der Waals surface area (Å²) in [6.07, 6.45) is 1.85. The van der Waals surface area contributed by atoms with Crippen LogP contribution in [0.1, 0.15) is 15.9 Å². The molecule has 0 radical (unpaired) electrons. The third-order valence-corrected chi connectivity index (χ3v) is 3.92. The van der Waals surface area contributed by atoms with Gasteiger partial charge < -0.3 is 5.11 Å². The number of carbonyl (C=O) groups is 2. The number of hydrogen-bond donors (Lipinski definition) is 1. The number of benzene rings is 2. The number of carboxylic acid groups (broad SMARTS) is 1. The second-order valence-electron chi connectivity index (χ2n) is 4.48. The van der Waals surface area contributed by atoms with E-state index in [0.717, 1.165) is 22.6 Å². The summed E-state index contributed by atoms with van der Waals surface area (Å²) in [6.45, 7) is 0. The Hall–Kier alpha value is -2.40. The second-order valence-corrected chi connectivity index (χ2v) is 5.52. The predicted octanol–water partition coefficient (Wildman–Crippen LogP) is 3.94. The summed E-state index contributed by atoms with van der Waals surface area (Å²) in [5.74, 6) is -1.06. The lowest BCUT2D eigenvalue weighted by Gasteiger charge is -2.03. The third-order valence-electron chi connectivity index (χ3n) is 2.83. The Morgan fingerprint density at radius 3 is 2.23 bits per heavy atom. The minimum Gasteiger partial charge on any atom is -0.478 e. The number of allylic oxidation sites excluding steroid dienone is 1. The smallest absolute Gasteiger partial charge is 0.328 e. The van der Waals surface area contributed by atoms with E-state index in [-0.39, 0.29) is 11.6 Å². The van der Waals surface area contributed by atoms with Gasteiger partial charge in [-0.15, -0.1) is 11.8 Å². The van der Waals surface area contributed by atoms with Crippen molar-refractivity contribution in [3.8, 4) is 0 Å². The predicted molar refractivity (Wildman–Crippen MR) is 83.5 cm³/mol. The summed E-state index contributed by atoms with van der Waals surface area (Å²) >= 11 is 1.57. The van der Waals surface area contributed by atoms with E-state index in [1.807, 2.05) is 0 Å². The van der Waals surface area contributed by atoms with Crippen LogP contribution in [0.25, 0.3) is 0 Å². The minimum atomic E-state index is -1.15. The zero-order valence-electron chi connectivity index (χ0n) is 11.5. The Kier molecular flexibility index (Phi) is 5.49. The molecular weight excluding hydrogens is 303 g/mol. The van der Waals surface area contributed by atoms with Crippen molar-refractivity contribution in [2.75, 3.05) is 0 Å². The molecule has 0 aromatic heterocycles. The lowest BCUT2D eigenvalue weighted by atomic mass is 10.1. The van der Waals surface area contributed by atoms with Crippen LogP contribution in [0.3, 0.4) is 0 Å². The monoisotopic (exact) mass is 316 g/mol. The first-order chi connectivity index (χ1) is 10.5. The molecule has 2 rings (SSSR count). The van der Waals surface area contributed by atoms with Gasteiger partial charge in [0, 0.05) is 22.3 Å². The van der Waals surface area contributed by atoms with Crippen LogP contribution in [0.4, 0.5) is 4.39 Å². The summed E-state index contributed by atoms with van der Waals surface area (Å²) in [4.78, 5) is 23.0. The van der Waals surface area contributed by atoms with Gasteiger partial charge in [-0.1, -0.05) is 12.1 Å². The van der Waals surface area contributed by atoms with Gasteiger partial charge in [0.25, 0.3) is 0 Å². The maximum Gasteiger partial charge on any atom is 0.328 e. The fourth-order valence-electron chi connectivity index (χ4n) is 1.71. The zero-order chi connectivity index (χ0) is 15.9. The Bertz CT molecular complexity index is 691. The summed E-state index contributed by atoms with van der Waals surface area (Å²) in [7, 11) is 0. The number of rotatable bonds is 6. The molecule has 0 bridgehead atoms. The molecule has 0 aliphatic heterocycles. The highest BCUT2D eigenvalue weighted by atomic mass is 32.2. The average Bonchev–Trinajstić information content (AvgIpc) is 2.52. The van der Waals surface area contributed by atoms with Crippen LogP contribution in [-0.2, 0) is 10.5 Å². The largest absolute Gasteiger partial charge is 0.478 e. The first-order valence-electron chi connectivity index (χ1n) is 6.47. The molecule has 0 fully saturated rings.